The quantitative estimate of drug-likeness (QED) is 0.334. The van der Waals surface area contributed by atoms with Crippen LogP contribution in [0.4, 0.5) is 0 Å². The molecule has 3 aromatic rings. The molecule has 4 heteroatoms. The molecule has 0 nitrogen and oxygen atoms in total. The molecule has 0 unspecified atom stereocenters. The molecule has 0 bridgehead atoms. The molecule has 0 N–H and O–H groups in total. The molecule has 0 saturated heterocycles. The second kappa shape index (κ2) is 9.78. The lowest BCUT2D eigenvalue weighted by atomic mass is 9.95. The van der Waals surface area contributed by atoms with Crippen LogP contribution in [0.1, 0.15) is 49.9 Å². The van der Waals surface area contributed by atoms with Crippen molar-refractivity contribution in [3.8, 4) is 0 Å². The van der Waals surface area contributed by atoms with Crippen LogP contribution >= 0.6 is 48.0 Å². The fourth-order valence-corrected chi connectivity index (χ4v) is 6.56. The van der Waals surface area contributed by atoms with Gasteiger partial charge in [-0.2, -0.15) is 0 Å². The largest absolute Gasteiger partial charge is 0.103 e. The van der Waals surface area contributed by atoms with E-state index < -0.39 is 0 Å². The van der Waals surface area contributed by atoms with Crippen molar-refractivity contribution in [3.05, 3.63) is 107 Å². The highest BCUT2D eigenvalue weighted by Crippen LogP contribution is 2.42. The van der Waals surface area contributed by atoms with E-state index in [9.17, 15) is 0 Å². The molecule has 0 fully saturated rings. The van der Waals surface area contributed by atoms with Gasteiger partial charge in [-0.3, -0.25) is 0 Å². The first-order chi connectivity index (χ1) is 14.2. The SMILES string of the molecule is CC(C)(SC(=S)c1ccccc1)c1cccc(C(C)(C)SC(=S)c2ccccc2)c1. The Labute approximate surface area is 199 Å². The molecule has 0 spiro atoms. The smallest absolute Gasteiger partial charge is 0.0786 e. The van der Waals surface area contributed by atoms with Gasteiger partial charge in [0, 0.05) is 9.49 Å². The average molecular weight is 467 g/mol. The second-order valence-electron chi connectivity index (χ2n) is 8.11. The summed E-state index contributed by atoms with van der Waals surface area (Å²) in [5.41, 5.74) is 4.74. The molecule has 0 aliphatic heterocycles. The number of thiocarbonyl (C=S) groups is 2. The van der Waals surface area contributed by atoms with Crippen LogP contribution in [0, 0.1) is 0 Å². The summed E-state index contributed by atoms with van der Waals surface area (Å²) in [6, 6.07) is 29.3. The van der Waals surface area contributed by atoms with Gasteiger partial charge in [0.1, 0.15) is 0 Å². The number of benzene rings is 3. The third kappa shape index (κ3) is 5.82. The van der Waals surface area contributed by atoms with Crippen molar-refractivity contribution in [1.82, 2.24) is 0 Å². The summed E-state index contributed by atoms with van der Waals surface area (Å²) in [6.45, 7) is 8.95. The fourth-order valence-electron chi connectivity index (χ4n) is 3.12. The number of hydrogen-bond donors (Lipinski definition) is 0. The minimum Gasteiger partial charge on any atom is -0.103 e. The summed E-state index contributed by atoms with van der Waals surface area (Å²) in [5.74, 6) is 0. The van der Waals surface area contributed by atoms with Crippen LogP contribution in [-0.4, -0.2) is 8.39 Å². The zero-order chi connectivity index (χ0) is 21.8. The summed E-state index contributed by atoms with van der Waals surface area (Å²) in [4.78, 5) is 0. The van der Waals surface area contributed by atoms with E-state index in [0.717, 1.165) is 19.5 Å². The minimum absolute atomic E-state index is 0.135. The highest BCUT2D eigenvalue weighted by atomic mass is 32.2. The maximum absolute atomic E-state index is 5.73. The summed E-state index contributed by atoms with van der Waals surface area (Å²) >= 11 is 14.9. The molecule has 30 heavy (non-hydrogen) atoms. The van der Waals surface area contributed by atoms with Gasteiger partial charge in [-0.25, -0.2) is 0 Å². The van der Waals surface area contributed by atoms with E-state index >= 15 is 0 Å². The van der Waals surface area contributed by atoms with Crippen molar-refractivity contribution in [2.24, 2.45) is 0 Å². The van der Waals surface area contributed by atoms with E-state index in [2.05, 4.69) is 76.2 Å². The molecule has 0 atom stereocenters. The van der Waals surface area contributed by atoms with Gasteiger partial charge in [-0.05, 0) is 49.9 Å². The normalized spacial score (nSPS) is 11.9. The molecule has 0 aliphatic rings. The molecule has 0 heterocycles. The molecular formula is C26H26S4. The topological polar surface area (TPSA) is 0 Å². The Morgan fingerprint density at radius 1 is 0.567 bits per heavy atom. The first-order valence-corrected chi connectivity index (χ1v) is 12.3. The van der Waals surface area contributed by atoms with Crippen LogP contribution < -0.4 is 0 Å². The third-order valence-electron chi connectivity index (χ3n) is 4.97. The van der Waals surface area contributed by atoms with Crippen LogP contribution in [0.15, 0.2) is 84.9 Å². The Morgan fingerprint density at radius 3 is 1.30 bits per heavy atom. The standard InChI is InChI=1S/C26H26S4/c1-25(2,29-23(27)19-12-7-5-8-13-19)21-16-11-17-22(18-21)26(3,4)30-24(28)20-14-9-6-10-15-20/h5-18H,1-4H3. The Kier molecular flexibility index (Phi) is 7.56. The number of thioether (sulfide) groups is 2. The summed E-state index contributed by atoms with van der Waals surface area (Å²) in [7, 11) is 0. The summed E-state index contributed by atoms with van der Waals surface area (Å²) < 4.78 is 1.57. The van der Waals surface area contributed by atoms with Crippen molar-refractivity contribution in [1.29, 1.82) is 0 Å². The Bertz CT molecular complexity index is 940. The lowest BCUT2D eigenvalue weighted by molar-refractivity contribution is 0.758. The average Bonchev–Trinajstić information content (AvgIpc) is 2.74. The highest BCUT2D eigenvalue weighted by Gasteiger charge is 2.28. The van der Waals surface area contributed by atoms with Gasteiger partial charge in [0.25, 0.3) is 0 Å². The van der Waals surface area contributed by atoms with Crippen LogP contribution in [-0.2, 0) is 9.49 Å². The van der Waals surface area contributed by atoms with E-state index in [-0.39, 0.29) is 9.49 Å². The van der Waals surface area contributed by atoms with E-state index in [0.29, 0.717) is 0 Å². The zero-order valence-corrected chi connectivity index (χ0v) is 21.0. The van der Waals surface area contributed by atoms with Gasteiger partial charge < -0.3 is 0 Å². The molecular weight excluding hydrogens is 441 g/mol. The monoisotopic (exact) mass is 466 g/mol. The first kappa shape index (κ1) is 23.2. The van der Waals surface area contributed by atoms with E-state index in [1.54, 1.807) is 23.5 Å². The molecule has 154 valence electrons. The lowest BCUT2D eigenvalue weighted by Crippen LogP contribution is -2.19. The van der Waals surface area contributed by atoms with Crippen molar-refractivity contribution in [2.45, 2.75) is 37.2 Å². The van der Waals surface area contributed by atoms with Crippen molar-refractivity contribution >= 4 is 56.4 Å². The number of hydrogen-bond acceptors (Lipinski definition) is 4. The summed E-state index contributed by atoms with van der Waals surface area (Å²) in [5, 5.41) is 0. The van der Waals surface area contributed by atoms with Crippen LogP contribution in [0.25, 0.3) is 0 Å². The second-order valence-corrected chi connectivity index (χ2v) is 12.7. The van der Waals surface area contributed by atoms with Gasteiger partial charge in [0.05, 0.1) is 8.39 Å². The molecule has 0 saturated carbocycles. The lowest BCUT2D eigenvalue weighted by Gasteiger charge is -2.29. The Morgan fingerprint density at radius 2 is 0.933 bits per heavy atom. The van der Waals surface area contributed by atoms with Crippen LogP contribution in [0.5, 0.6) is 0 Å². The van der Waals surface area contributed by atoms with E-state index in [1.807, 2.05) is 36.4 Å². The van der Waals surface area contributed by atoms with Crippen LogP contribution in [0.3, 0.4) is 0 Å². The zero-order valence-electron chi connectivity index (χ0n) is 17.7. The van der Waals surface area contributed by atoms with E-state index in [1.165, 1.54) is 11.1 Å². The van der Waals surface area contributed by atoms with Crippen molar-refractivity contribution < 1.29 is 0 Å². The van der Waals surface area contributed by atoms with Gasteiger partial charge in [0.15, 0.2) is 0 Å². The molecule has 0 aromatic heterocycles. The van der Waals surface area contributed by atoms with Crippen molar-refractivity contribution in [2.75, 3.05) is 0 Å². The molecule has 3 aromatic carbocycles. The third-order valence-corrected chi connectivity index (χ3v) is 8.27. The van der Waals surface area contributed by atoms with Gasteiger partial charge >= 0.3 is 0 Å². The maximum atomic E-state index is 5.73. The Balaban J connectivity index is 1.80. The predicted molar refractivity (Wildman–Crippen MR) is 144 cm³/mol. The van der Waals surface area contributed by atoms with Gasteiger partial charge in [-0.1, -0.05) is 109 Å². The number of rotatable bonds is 6. The molecule has 0 radical (unpaired) electrons. The fraction of sp³-hybridized carbons (Fsp3) is 0.231. The Hall–Kier alpha value is -1.46. The minimum atomic E-state index is -0.135. The van der Waals surface area contributed by atoms with Gasteiger partial charge in [0.2, 0.25) is 0 Å². The first-order valence-electron chi connectivity index (χ1n) is 9.87. The molecule has 0 aliphatic carbocycles. The van der Waals surface area contributed by atoms with Gasteiger partial charge in [-0.15, -0.1) is 23.5 Å². The van der Waals surface area contributed by atoms with E-state index in [4.69, 9.17) is 24.4 Å². The predicted octanol–water partition coefficient (Wildman–Crippen LogP) is 8.37. The highest BCUT2D eigenvalue weighted by molar-refractivity contribution is 8.24. The maximum Gasteiger partial charge on any atom is 0.0786 e. The van der Waals surface area contributed by atoms with Crippen LogP contribution in [0.2, 0.25) is 0 Å². The summed E-state index contributed by atoms with van der Waals surface area (Å²) in [6.07, 6.45) is 0. The molecule has 0 amide bonds. The molecule has 3 rings (SSSR count). The van der Waals surface area contributed by atoms with Crippen molar-refractivity contribution in [3.63, 3.8) is 0 Å².